The topological polar surface area (TPSA) is 98.8 Å². The number of thiophene rings is 1. The molecule has 1 aromatic rings. The van der Waals surface area contributed by atoms with Crippen molar-refractivity contribution in [2.45, 2.75) is 25.6 Å². The van der Waals surface area contributed by atoms with Crippen LogP contribution in [0.4, 0.5) is 10.7 Å². The quantitative estimate of drug-likeness (QED) is 0.625. The molecule has 1 aliphatic rings. The number of nitrogens with zero attached hydrogens (tertiary/aromatic N) is 1. The van der Waals surface area contributed by atoms with Gasteiger partial charge >= 0.3 is 0 Å². The molecular formula is C12H19N3O3S. The molecule has 7 heteroatoms. The number of hydrogen-bond donors (Lipinski definition) is 4. The molecule has 0 aromatic carbocycles. The van der Waals surface area contributed by atoms with Gasteiger partial charge in [0.25, 0.3) is 5.91 Å². The van der Waals surface area contributed by atoms with E-state index in [0.29, 0.717) is 30.2 Å². The SMILES string of the molecule is CCCNC(=O)c1sc(N2CC(O)C(O)C2)cc1N. The van der Waals surface area contributed by atoms with E-state index < -0.39 is 12.2 Å². The van der Waals surface area contributed by atoms with Gasteiger partial charge in [-0.15, -0.1) is 11.3 Å². The van der Waals surface area contributed by atoms with E-state index >= 15 is 0 Å². The highest BCUT2D eigenvalue weighted by atomic mass is 32.1. The van der Waals surface area contributed by atoms with Crippen molar-refractivity contribution < 1.29 is 15.0 Å². The maximum Gasteiger partial charge on any atom is 0.263 e. The number of nitrogen functional groups attached to an aromatic ring is 1. The van der Waals surface area contributed by atoms with Gasteiger partial charge in [0.15, 0.2) is 0 Å². The first-order valence-corrected chi connectivity index (χ1v) is 7.13. The molecule has 1 saturated heterocycles. The fourth-order valence-electron chi connectivity index (χ4n) is 1.99. The Labute approximate surface area is 115 Å². The Morgan fingerprint density at radius 3 is 2.74 bits per heavy atom. The third-order valence-corrected chi connectivity index (χ3v) is 4.27. The molecule has 2 atom stereocenters. The standard InChI is InChI=1S/C12H19N3O3S/c1-2-3-14-12(18)11-7(13)4-10(19-11)15-5-8(16)9(17)6-15/h4,8-9,16-17H,2-3,5-6,13H2,1H3,(H,14,18). The Morgan fingerprint density at radius 1 is 1.53 bits per heavy atom. The van der Waals surface area contributed by atoms with E-state index in [1.807, 2.05) is 11.8 Å². The lowest BCUT2D eigenvalue weighted by molar-refractivity contribution is 0.0572. The van der Waals surface area contributed by atoms with E-state index in [4.69, 9.17) is 5.73 Å². The average Bonchev–Trinajstić information content (AvgIpc) is 2.91. The van der Waals surface area contributed by atoms with Crippen LogP contribution < -0.4 is 16.0 Å². The van der Waals surface area contributed by atoms with Crippen LogP contribution in [0.2, 0.25) is 0 Å². The number of amides is 1. The highest BCUT2D eigenvalue weighted by Crippen LogP contribution is 2.34. The highest BCUT2D eigenvalue weighted by molar-refractivity contribution is 7.18. The molecule has 2 heterocycles. The highest BCUT2D eigenvalue weighted by Gasteiger charge is 2.31. The van der Waals surface area contributed by atoms with Gasteiger partial charge in [0, 0.05) is 19.6 Å². The molecule has 0 radical (unpaired) electrons. The zero-order chi connectivity index (χ0) is 14.0. The van der Waals surface area contributed by atoms with E-state index in [-0.39, 0.29) is 5.91 Å². The normalized spacial score (nSPS) is 22.8. The van der Waals surface area contributed by atoms with Crippen LogP contribution >= 0.6 is 11.3 Å². The van der Waals surface area contributed by atoms with Crippen LogP contribution in [0, 0.1) is 0 Å². The van der Waals surface area contributed by atoms with Crippen molar-refractivity contribution in [3.8, 4) is 0 Å². The molecule has 0 aliphatic carbocycles. The van der Waals surface area contributed by atoms with Crippen molar-refractivity contribution >= 4 is 27.9 Å². The Morgan fingerprint density at radius 2 is 2.16 bits per heavy atom. The number of carbonyl (C=O) groups is 1. The third-order valence-electron chi connectivity index (χ3n) is 3.06. The molecular weight excluding hydrogens is 266 g/mol. The fraction of sp³-hybridized carbons (Fsp3) is 0.583. The minimum absolute atomic E-state index is 0.170. The zero-order valence-corrected chi connectivity index (χ0v) is 11.6. The number of nitrogens with one attached hydrogen (secondary N) is 1. The molecule has 106 valence electrons. The van der Waals surface area contributed by atoms with Gasteiger partial charge < -0.3 is 26.2 Å². The first-order chi connectivity index (χ1) is 9.02. The van der Waals surface area contributed by atoms with E-state index in [0.717, 1.165) is 11.4 Å². The van der Waals surface area contributed by atoms with Gasteiger partial charge in [0.05, 0.1) is 22.9 Å². The summed E-state index contributed by atoms with van der Waals surface area (Å²) in [5.41, 5.74) is 6.28. The number of carbonyl (C=O) groups excluding carboxylic acids is 1. The predicted octanol–water partition coefficient (Wildman–Crippen LogP) is 0.0119. The fourth-order valence-corrected chi connectivity index (χ4v) is 3.01. The van der Waals surface area contributed by atoms with Crippen molar-refractivity contribution in [2.24, 2.45) is 0 Å². The summed E-state index contributed by atoms with van der Waals surface area (Å²) in [4.78, 5) is 14.2. The summed E-state index contributed by atoms with van der Waals surface area (Å²) < 4.78 is 0. The van der Waals surface area contributed by atoms with Gasteiger partial charge in [-0.2, -0.15) is 0 Å². The first-order valence-electron chi connectivity index (χ1n) is 6.31. The molecule has 0 bridgehead atoms. The minimum atomic E-state index is -0.749. The van der Waals surface area contributed by atoms with Crippen LogP contribution in [0.5, 0.6) is 0 Å². The number of hydrogen-bond acceptors (Lipinski definition) is 6. The summed E-state index contributed by atoms with van der Waals surface area (Å²) in [6.07, 6.45) is -0.629. The van der Waals surface area contributed by atoms with E-state index in [9.17, 15) is 15.0 Å². The van der Waals surface area contributed by atoms with Crippen molar-refractivity contribution in [1.82, 2.24) is 5.32 Å². The second-order valence-electron chi connectivity index (χ2n) is 4.66. The number of anilines is 2. The van der Waals surface area contributed by atoms with Gasteiger partial charge in [0.1, 0.15) is 4.88 Å². The molecule has 1 aromatic heterocycles. The lowest BCUT2D eigenvalue weighted by Gasteiger charge is -2.14. The number of β-amino-alcohol motifs (C(OH)–C–C–N with tert-alkyl or cyclic N) is 2. The smallest absolute Gasteiger partial charge is 0.263 e. The number of aliphatic hydroxyl groups excluding tert-OH is 2. The minimum Gasteiger partial charge on any atom is -0.397 e. The molecule has 1 fully saturated rings. The van der Waals surface area contributed by atoms with Gasteiger partial charge in [0.2, 0.25) is 0 Å². The average molecular weight is 285 g/mol. The van der Waals surface area contributed by atoms with Crippen LogP contribution in [0.15, 0.2) is 6.07 Å². The molecule has 2 unspecified atom stereocenters. The van der Waals surface area contributed by atoms with Crippen LogP contribution in [0.25, 0.3) is 0 Å². The molecule has 1 amide bonds. The van der Waals surface area contributed by atoms with Crippen LogP contribution in [-0.4, -0.2) is 48.0 Å². The van der Waals surface area contributed by atoms with Crippen molar-refractivity contribution in [2.75, 3.05) is 30.3 Å². The van der Waals surface area contributed by atoms with Crippen molar-refractivity contribution in [3.05, 3.63) is 10.9 Å². The largest absolute Gasteiger partial charge is 0.397 e. The monoisotopic (exact) mass is 285 g/mol. The van der Waals surface area contributed by atoms with Crippen molar-refractivity contribution in [1.29, 1.82) is 0 Å². The van der Waals surface area contributed by atoms with E-state index in [2.05, 4.69) is 5.32 Å². The summed E-state index contributed by atoms with van der Waals surface area (Å²) >= 11 is 1.29. The summed E-state index contributed by atoms with van der Waals surface area (Å²) in [6.45, 7) is 3.32. The summed E-state index contributed by atoms with van der Waals surface area (Å²) in [7, 11) is 0. The van der Waals surface area contributed by atoms with Crippen molar-refractivity contribution in [3.63, 3.8) is 0 Å². The molecule has 0 saturated carbocycles. The maximum atomic E-state index is 11.9. The summed E-state index contributed by atoms with van der Waals surface area (Å²) in [6, 6.07) is 1.72. The second kappa shape index (κ2) is 5.77. The zero-order valence-electron chi connectivity index (χ0n) is 10.8. The Bertz CT molecular complexity index is 453. The van der Waals surface area contributed by atoms with Gasteiger partial charge in [-0.3, -0.25) is 4.79 Å². The molecule has 6 nitrogen and oxygen atoms in total. The Hall–Kier alpha value is -1.31. The first kappa shape index (κ1) is 14.1. The number of nitrogens with two attached hydrogens (primary N) is 1. The van der Waals surface area contributed by atoms with Crippen LogP contribution in [-0.2, 0) is 0 Å². The third kappa shape index (κ3) is 2.99. The van der Waals surface area contributed by atoms with Gasteiger partial charge in [-0.25, -0.2) is 0 Å². The van der Waals surface area contributed by atoms with E-state index in [1.165, 1.54) is 11.3 Å². The Balaban J connectivity index is 2.10. The van der Waals surface area contributed by atoms with Crippen LogP contribution in [0.1, 0.15) is 23.0 Å². The van der Waals surface area contributed by atoms with Gasteiger partial charge in [-0.1, -0.05) is 6.92 Å². The molecule has 0 spiro atoms. The molecule has 1 aliphatic heterocycles. The van der Waals surface area contributed by atoms with Gasteiger partial charge in [-0.05, 0) is 12.5 Å². The second-order valence-corrected chi connectivity index (χ2v) is 5.70. The molecule has 2 rings (SSSR count). The van der Waals surface area contributed by atoms with E-state index in [1.54, 1.807) is 6.07 Å². The molecule has 19 heavy (non-hydrogen) atoms. The predicted molar refractivity (Wildman–Crippen MR) is 75.6 cm³/mol. The molecule has 5 N–H and O–H groups in total. The van der Waals surface area contributed by atoms with Crippen LogP contribution in [0.3, 0.4) is 0 Å². The maximum absolute atomic E-state index is 11.9. The lowest BCUT2D eigenvalue weighted by atomic mass is 10.3. The lowest BCUT2D eigenvalue weighted by Crippen LogP contribution is -2.23. The summed E-state index contributed by atoms with van der Waals surface area (Å²) in [5, 5.41) is 22.7. The summed E-state index contributed by atoms with van der Waals surface area (Å²) in [5.74, 6) is -0.170. The number of aliphatic hydroxyl groups is 2. The number of rotatable bonds is 4. The Kier molecular flexibility index (Phi) is 4.28.